The molecule has 0 bridgehead atoms. The highest BCUT2D eigenvalue weighted by atomic mass is 32.1. The molecule has 0 fully saturated rings. The third-order valence-electron chi connectivity index (χ3n) is 4.24. The molecule has 0 radical (unpaired) electrons. The van der Waals surface area contributed by atoms with E-state index in [1.54, 1.807) is 16.2 Å². The lowest BCUT2D eigenvalue weighted by molar-refractivity contribution is -0.129. The van der Waals surface area contributed by atoms with Gasteiger partial charge in [0.05, 0.1) is 6.42 Å². The maximum atomic E-state index is 12.5. The van der Waals surface area contributed by atoms with E-state index in [1.807, 2.05) is 7.05 Å². The third-order valence-corrected chi connectivity index (χ3v) is 5.14. The van der Waals surface area contributed by atoms with Gasteiger partial charge in [0, 0.05) is 24.8 Å². The standard InChI is InChI=1S/C21H24N2OS/c1-22(2)14-16-4-6-17(7-5-16)15-23(3)21(24)13-18-8-9-20-19(12-18)10-11-25-20/h4-12H,13-15H2,1-3H3. The van der Waals surface area contributed by atoms with Crippen molar-refractivity contribution in [2.45, 2.75) is 19.5 Å². The highest BCUT2D eigenvalue weighted by molar-refractivity contribution is 7.17. The first-order valence-corrected chi connectivity index (χ1v) is 9.32. The van der Waals surface area contributed by atoms with Gasteiger partial charge in [0.1, 0.15) is 0 Å². The van der Waals surface area contributed by atoms with Gasteiger partial charge in [0.2, 0.25) is 5.91 Å². The summed E-state index contributed by atoms with van der Waals surface area (Å²) in [5, 5.41) is 3.30. The maximum absolute atomic E-state index is 12.5. The molecule has 25 heavy (non-hydrogen) atoms. The Morgan fingerprint density at radius 3 is 2.20 bits per heavy atom. The number of amides is 1. The summed E-state index contributed by atoms with van der Waals surface area (Å²) in [4.78, 5) is 16.5. The molecule has 1 aromatic heterocycles. The van der Waals surface area contributed by atoms with Gasteiger partial charge in [0.15, 0.2) is 0 Å². The molecule has 0 aliphatic carbocycles. The zero-order valence-corrected chi connectivity index (χ0v) is 15.8. The molecule has 0 saturated heterocycles. The first-order chi connectivity index (χ1) is 12.0. The second-order valence-corrected chi connectivity index (χ2v) is 7.72. The van der Waals surface area contributed by atoms with Gasteiger partial charge in [-0.3, -0.25) is 4.79 Å². The fourth-order valence-electron chi connectivity index (χ4n) is 2.91. The van der Waals surface area contributed by atoms with Crippen LogP contribution in [0.3, 0.4) is 0 Å². The van der Waals surface area contributed by atoms with Crippen LogP contribution in [0.1, 0.15) is 16.7 Å². The van der Waals surface area contributed by atoms with Crippen LogP contribution in [-0.2, 0) is 24.3 Å². The number of carbonyl (C=O) groups excluding carboxylic acids is 1. The number of hydrogen-bond acceptors (Lipinski definition) is 3. The number of thiophene rings is 1. The van der Waals surface area contributed by atoms with Crippen LogP contribution >= 0.6 is 11.3 Å². The van der Waals surface area contributed by atoms with Crippen molar-refractivity contribution in [2.24, 2.45) is 0 Å². The van der Waals surface area contributed by atoms with Gasteiger partial charge in [-0.05, 0) is 59.8 Å². The van der Waals surface area contributed by atoms with Gasteiger partial charge in [-0.15, -0.1) is 11.3 Å². The number of fused-ring (bicyclic) bond motifs is 1. The molecule has 0 unspecified atom stereocenters. The molecule has 2 aromatic carbocycles. The molecular formula is C21H24N2OS. The largest absolute Gasteiger partial charge is 0.341 e. The molecule has 0 atom stereocenters. The van der Waals surface area contributed by atoms with Crippen molar-refractivity contribution < 1.29 is 4.79 Å². The smallest absolute Gasteiger partial charge is 0.227 e. The lowest BCUT2D eigenvalue weighted by atomic mass is 10.1. The number of benzene rings is 2. The highest BCUT2D eigenvalue weighted by Crippen LogP contribution is 2.22. The van der Waals surface area contributed by atoms with E-state index in [4.69, 9.17) is 0 Å². The molecule has 0 aliphatic heterocycles. The van der Waals surface area contributed by atoms with E-state index in [0.717, 1.165) is 17.7 Å². The van der Waals surface area contributed by atoms with Crippen LogP contribution in [0, 0.1) is 0 Å². The summed E-state index contributed by atoms with van der Waals surface area (Å²) >= 11 is 1.73. The minimum absolute atomic E-state index is 0.145. The average molecular weight is 353 g/mol. The van der Waals surface area contributed by atoms with Gasteiger partial charge >= 0.3 is 0 Å². The van der Waals surface area contributed by atoms with E-state index in [2.05, 4.69) is 72.9 Å². The molecular weight excluding hydrogens is 328 g/mol. The van der Waals surface area contributed by atoms with Gasteiger partial charge in [-0.25, -0.2) is 0 Å². The Labute approximate surface area is 153 Å². The Hall–Kier alpha value is -2.17. The molecule has 0 spiro atoms. The Morgan fingerprint density at radius 2 is 1.52 bits per heavy atom. The summed E-state index contributed by atoms with van der Waals surface area (Å²) in [6.45, 7) is 1.57. The van der Waals surface area contributed by atoms with E-state index in [9.17, 15) is 4.79 Å². The topological polar surface area (TPSA) is 23.6 Å². The predicted octanol–water partition coefficient (Wildman–Crippen LogP) is 4.16. The highest BCUT2D eigenvalue weighted by Gasteiger charge is 2.11. The first kappa shape index (κ1) is 17.6. The summed E-state index contributed by atoms with van der Waals surface area (Å²) in [6, 6.07) is 16.9. The molecule has 0 saturated carbocycles. The summed E-state index contributed by atoms with van der Waals surface area (Å²) in [6.07, 6.45) is 0.445. The molecule has 3 aromatic rings. The molecule has 1 heterocycles. The summed E-state index contributed by atoms with van der Waals surface area (Å²) in [5.74, 6) is 0.145. The minimum Gasteiger partial charge on any atom is -0.341 e. The maximum Gasteiger partial charge on any atom is 0.227 e. The number of rotatable bonds is 6. The molecule has 0 aliphatic rings. The van der Waals surface area contributed by atoms with E-state index in [-0.39, 0.29) is 5.91 Å². The lowest BCUT2D eigenvalue weighted by Gasteiger charge is -2.18. The van der Waals surface area contributed by atoms with E-state index >= 15 is 0 Å². The molecule has 0 N–H and O–H groups in total. The molecule has 1 amide bonds. The van der Waals surface area contributed by atoms with Crippen LogP contribution in [0.2, 0.25) is 0 Å². The normalized spacial score (nSPS) is 11.2. The Kier molecular flexibility index (Phi) is 5.51. The van der Waals surface area contributed by atoms with Crippen LogP contribution in [0.25, 0.3) is 10.1 Å². The van der Waals surface area contributed by atoms with Crippen molar-refractivity contribution in [1.29, 1.82) is 0 Å². The van der Waals surface area contributed by atoms with Crippen molar-refractivity contribution >= 4 is 27.3 Å². The molecule has 130 valence electrons. The lowest BCUT2D eigenvalue weighted by Crippen LogP contribution is -2.27. The monoisotopic (exact) mass is 352 g/mol. The summed E-state index contributed by atoms with van der Waals surface area (Å²) in [5.41, 5.74) is 3.52. The van der Waals surface area contributed by atoms with Gasteiger partial charge in [-0.1, -0.05) is 30.3 Å². The van der Waals surface area contributed by atoms with Gasteiger partial charge in [0.25, 0.3) is 0 Å². The summed E-state index contributed by atoms with van der Waals surface area (Å²) < 4.78 is 1.27. The first-order valence-electron chi connectivity index (χ1n) is 8.44. The Balaban J connectivity index is 1.60. The molecule has 3 rings (SSSR count). The Morgan fingerprint density at radius 1 is 0.880 bits per heavy atom. The fourth-order valence-corrected chi connectivity index (χ4v) is 3.68. The average Bonchev–Trinajstić information content (AvgIpc) is 3.03. The SMILES string of the molecule is CN(C)Cc1ccc(CN(C)C(=O)Cc2ccc3sccc3c2)cc1. The van der Waals surface area contributed by atoms with Crippen LogP contribution in [0.4, 0.5) is 0 Å². The van der Waals surface area contributed by atoms with Crippen molar-refractivity contribution in [3.63, 3.8) is 0 Å². The second kappa shape index (κ2) is 7.81. The van der Waals surface area contributed by atoms with Gasteiger partial charge < -0.3 is 9.80 Å². The zero-order chi connectivity index (χ0) is 17.8. The predicted molar refractivity (Wildman–Crippen MR) is 106 cm³/mol. The second-order valence-electron chi connectivity index (χ2n) is 6.77. The third kappa shape index (κ3) is 4.68. The minimum atomic E-state index is 0.145. The van der Waals surface area contributed by atoms with E-state index in [0.29, 0.717) is 13.0 Å². The number of carbonyl (C=O) groups is 1. The van der Waals surface area contributed by atoms with Crippen LogP contribution < -0.4 is 0 Å². The van der Waals surface area contributed by atoms with Crippen molar-refractivity contribution in [1.82, 2.24) is 9.80 Å². The quantitative estimate of drug-likeness (QED) is 0.665. The van der Waals surface area contributed by atoms with Gasteiger partial charge in [-0.2, -0.15) is 0 Å². The van der Waals surface area contributed by atoms with Crippen LogP contribution in [0.5, 0.6) is 0 Å². The van der Waals surface area contributed by atoms with E-state index in [1.165, 1.54) is 15.6 Å². The van der Waals surface area contributed by atoms with Crippen molar-refractivity contribution in [3.05, 3.63) is 70.6 Å². The molecule has 4 heteroatoms. The van der Waals surface area contributed by atoms with Crippen LogP contribution in [0.15, 0.2) is 53.9 Å². The molecule has 3 nitrogen and oxygen atoms in total. The summed E-state index contributed by atoms with van der Waals surface area (Å²) in [7, 11) is 6.00. The zero-order valence-electron chi connectivity index (χ0n) is 15.0. The number of likely N-dealkylation sites (N-methyl/N-ethyl adjacent to an activating group) is 1. The van der Waals surface area contributed by atoms with Crippen molar-refractivity contribution in [2.75, 3.05) is 21.1 Å². The fraction of sp³-hybridized carbons (Fsp3) is 0.286. The van der Waals surface area contributed by atoms with E-state index < -0.39 is 0 Å². The van der Waals surface area contributed by atoms with Crippen molar-refractivity contribution in [3.8, 4) is 0 Å². The number of nitrogens with zero attached hydrogens (tertiary/aromatic N) is 2. The van der Waals surface area contributed by atoms with Crippen LogP contribution in [-0.4, -0.2) is 36.9 Å². The number of hydrogen-bond donors (Lipinski definition) is 0. The Bertz CT molecular complexity index is 852.